The van der Waals surface area contributed by atoms with Gasteiger partial charge in [-0.25, -0.2) is 4.79 Å². The lowest BCUT2D eigenvalue weighted by atomic mass is 10.1. The van der Waals surface area contributed by atoms with Gasteiger partial charge in [-0.2, -0.15) is 0 Å². The highest BCUT2D eigenvalue weighted by atomic mass is 16.6. The molecule has 0 aliphatic heterocycles. The Kier molecular flexibility index (Phi) is 7.71. The number of alkyl carbamates (subject to hydrolysis) is 1. The number of benzene rings is 1. The Bertz CT molecular complexity index is 526. The van der Waals surface area contributed by atoms with Crippen LogP contribution in [0, 0.1) is 0 Å². The molecule has 0 saturated carbocycles. The first-order chi connectivity index (χ1) is 11.3. The molecule has 134 valence electrons. The Morgan fingerprint density at radius 3 is 2.33 bits per heavy atom. The second kappa shape index (κ2) is 9.27. The van der Waals surface area contributed by atoms with Gasteiger partial charge < -0.3 is 14.8 Å². The zero-order valence-corrected chi connectivity index (χ0v) is 15.2. The van der Waals surface area contributed by atoms with Crippen LogP contribution in [-0.2, 0) is 20.8 Å². The van der Waals surface area contributed by atoms with E-state index >= 15 is 0 Å². The predicted molar refractivity (Wildman–Crippen MR) is 92.6 cm³/mol. The van der Waals surface area contributed by atoms with E-state index < -0.39 is 17.7 Å². The molecule has 6 heteroatoms. The van der Waals surface area contributed by atoms with Crippen molar-refractivity contribution in [3.63, 3.8) is 0 Å². The Morgan fingerprint density at radius 1 is 1.21 bits per heavy atom. The Balaban J connectivity index is 2.75. The summed E-state index contributed by atoms with van der Waals surface area (Å²) >= 11 is 0. The van der Waals surface area contributed by atoms with Gasteiger partial charge in [0.15, 0.2) is 0 Å². The lowest BCUT2D eigenvalue weighted by Crippen LogP contribution is -2.49. The van der Waals surface area contributed by atoms with Crippen LogP contribution in [0.1, 0.15) is 33.3 Å². The first kappa shape index (κ1) is 20.0. The first-order valence-electron chi connectivity index (χ1n) is 8.09. The smallest absolute Gasteiger partial charge is 0.407 e. The van der Waals surface area contributed by atoms with Gasteiger partial charge in [0.05, 0.1) is 7.11 Å². The lowest BCUT2D eigenvalue weighted by molar-refractivity contribution is -0.147. The summed E-state index contributed by atoms with van der Waals surface area (Å²) in [5, 5.41) is 2.65. The average Bonchev–Trinajstić information content (AvgIpc) is 2.52. The summed E-state index contributed by atoms with van der Waals surface area (Å²) in [4.78, 5) is 25.9. The van der Waals surface area contributed by atoms with Gasteiger partial charge in [0.1, 0.15) is 11.6 Å². The van der Waals surface area contributed by atoms with E-state index in [-0.39, 0.29) is 12.5 Å². The molecular weight excluding hydrogens is 308 g/mol. The number of carbonyl (C=O) groups excluding carboxylic acids is 2. The summed E-state index contributed by atoms with van der Waals surface area (Å²) < 4.78 is 10.1. The lowest BCUT2D eigenvalue weighted by Gasteiger charge is -2.29. The second-order valence-electron chi connectivity index (χ2n) is 6.47. The number of nitrogens with one attached hydrogen (secondary N) is 1. The van der Waals surface area contributed by atoms with Crippen molar-refractivity contribution in [2.75, 3.05) is 20.2 Å². The van der Waals surface area contributed by atoms with Gasteiger partial charge in [-0.3, -0.25) is 9.69 Å². The summed E-state index contributed by atoms with van der Waals surface area (Å²) in [7, 11) is 1.35. The maximum absolute atomic E-state index is 12.1. The summed E-state index contributed by atoms with van der Waals surface area (Å²) in [6.45, 7) is 8.70. The highest BCUT2D eigenvalue weighted by Gasteiger charge is 2.27. The predicted octanol–water partition coefficient (Wildman–Crippen LogP) is 2.57. The maximum Gasteiger partial charge on any atom is 0.407 e. The number of likely N-dealkylation sites (N-methyl/N-ethyl adjacent to an activating group) is 1. The van der Waals surface area contributed by atoms with Crippen molar-refractivity contribution >= 4 is 12.1 Å². The molecule has 0 radical (unpaired) electrons. The van der Waals surface area contributed by atoms with E-state index in [0.29, 0.717) is 13.1 Å². The van der Waals surface area contributed by atoms with Crippen molar-refractivity contribution in [3.8, 4) is 0 Å². The largest absolute Gasteiger partial charge is 0.468 e. The molecule has 1 N–H and O–H groups in total. The number of hydrogen-bond acceptors (Lipinski definition) is 5. The van der Waals surface area contributed by atoms with Crippen molar-refractivity contribution < 1.29 is 19.1 Å². The monoisotopic (exact) mass is 336 g/mol. The molecule has 0 bridgehead atoms. The van der Waals surface area contributed by atoms with Crippen LogP contribution in [0.15, 0.2) is 30.3 Å². The third kappa shape index (κ3) is 7.00. The van der Waals surface area contributed by atoms with Crippen molar-refractivity contribution in [2.45, 2.75) is 45.9 Å². The molecule has 1 unspecified atom stereocenters. The molecule has 1 amide bonds. The number of amides is 1. The minimum atomic E-state index is -0.584. The molecule has 1 atom stereocenters. The molecule has 0 spiro atoms. The number of carbonyl (C=O) groups is 2. The van der Waals surface area contributed by atoms with Crippen molar-refractivity contribution in [1.29, 1.82) is 0 Å². The Hall–Kier alpha value is -2.08. The number of hydrogen-bond donors (Lipinski definition) is 1. The first-order valence-corrected chi connectivity index (χ1v) is 8.09. The van der Waals surface area contributed by atoms with E-state index in [0.717, 1.165) is 5.56 Å². The van der Waals surface area contributed by atoms with E-state index in [4.69, 9.17) is 9.47 Å². The van der Waals surface area contributed by atoms with E-state index in [9.17, 15) is 9.59 Å². The minimum Gasteiger partial charge on any atom is -0.468 e. The maximum atomic E-state index is 12.1. The number of esters is 1. The molecule has 0 fully saturated rings. The molecule has 0 aliphatic carbocycles. The van der Waals surface area contributed by atoms with Crippen molar-refractivity contribution in [1.82, 2.24) is 10.2 Å². The summed E-state index contributed by atoms with van der Waals surface area (Å²) in [5.74, 6) is -0.385. The second-order valence-corrected chi connectivity index (χ2v) is 6.47. The number of methoxy groups -OCH3 is 1. The molecule has 0 heterocycles. The van der Waals surface area contributed by atoms with Crippen LogP contribution in [0.3, 0.4) is 0 Å². The molecule has 1 aromatic carbocycles. The van der Waals surface area contributed by atoms with Gasteiger partial charge in [0, 0.05) is 13.1 Å². The molecular formula is C18H28N2O4. The molecule has 0 aromatic heterocycles. The molecule has 0 saturated heterocycles. The summed E-state index contributed by atoms with van der Waals surface area (Å²) in [6, 6.07) is 9.27. The van der Waals surface area contributed by atoms with Crippen molar-refractivity contribution in [2.24, 2.45) is 0 Å². The number of nitrogens with zero attached hydrogens (tertiary/aromatic N) is 1. The molecule has 6 nitrogen and oxygen atoms in total. The van der Waals surface area contributed by atoms with Gasteiger partial charge in [-0.05, 0) is 32.9 Å². The number of ether oxygens (including phenoxy) is 2. The average molecular weight is 336 g/mol. The van der Waals surface area contributed by atoms with Crippen LogP contribution < -0.4 is 5.32 Å². The summed E-state index contributed by atoms with van der Waals surface area (Å²) in [6.07, 6.45) is -0.549. The highest BCUT2D eigenvalue weighted by molar-refractivity contribution is 5.77. The van der Waals surface area contributed by atoms with Crippen LogP contribution in [0.25, 0.3) is 0 Å². The standard InChI is InChI=1S/C18H28N2O4/c1-6-20(13-14-10-8-7-9-11-14)15(16(21)23-5)12-19-17(22)24-18(2,3)4/h7-11,15H,6,12-13H2,1-5H3,(H,19,22). The molecule has 1 rings (SSSR count). The van der Waals surface area contributed by atoms with Gasteiger partial charge in [0.2, 0.25) is 0 Å². The van der Waals surface area contributed by atoms with Crippen LogP contribution in [0.5, 0.6) is 0 Å². The van der Waals surface area contributed by atoms with Crippen LogP contribution >= 0.6 is 0 Å². The number of rotatable bonds is 7. The SMILES string of the molecule is CCN(Cc1ccccc1)C(CNC(=O)OC(C)(C)C)C(=O)OC. The fourth-order valence-electron chi connectivity index (χ4n) is 2.25. The quantitative estimate of drug-likeness (QED) is 0.775. The van der Waals surface area contributed by atoms with Gasteiger partial charge in [-0.1, -0.05) is 37.3 Å². The van der Waals surface area contributed by atoms with E-state index in [2.05, 4.69) is 5.32 Å². The zero-order valence-electron chi connectivity index (χ0n) is 15.2. The minimum absolute atomic E-state index is 0.127. The normalized spacial score (nSPS) is 12.6. The molecule has 0 aliphatic rings. The zero-order chi connectivity index (χ0) is 18.2. The van der Waals surface area contributed by atoms with Crippen LogP contribution in [0.4, 0.5) is 4.79 Å². The Morgan fingerprint density at radius 2 is 1.83 bits per heavy atom. The molecule has 1 aromatic rings. The summed E-state index contributed by atoms with van der Waals surface area (Å²) in [5.41, 5.74) is 0.504. The Labute approximate surface area is 144 Å². The third-order valence-electron chi connectivity index (χ3n) is 3.39. The van der Waals surface area contributed by atoms with E-state index in [1.165, 1.54) is 7.11 Å². The fraction of sp³-hybridized carbons (Fsp3) is 0.556. The third-order valence-corrected chi connectivity index (χ3v) is 3.39. The van der Waals surface area contributed by atoms with Crippen molar-refractivity contribution in [3.05, 3.63) is 35.9 Å². The van der Waals surface area contributed by atoms with E-state index in [1.54, 1.807) is 20.8 Å². The van der Waals surface area contributed by atoms with Gasteiger partial charge in [0.25, 0.3) is 0 Å². The van der Waals surface area contributed by atoms with Gasteiger partial charge in [-0.15, -0.1) is 0 Å². The fourth-order valence-corrected chi connectivity index (χ4v) is 2.25. The molecule has 24 heavy (non-hydrogen) atoms. The van der Waals surface area contributed by atoms with Crippen LogP contribution in [0.2, 0.25) is 0 Å². The van der Waals surface area contributed by atoms with Crippen LogP contribution in [-0.4, -0.2) is 48.8 Å². The van der Waals surface area contributed by atoms with Gasteiger partial charge >= 0.3 is 12.1 Å². The highest BCUT2D eigenvalue weighted by Crippen LogP contribution is 2.10. The van der Waals surface area contributed by atoms with E-state index in [1.807, 2.05) is 42.2 Å². The topological polar surface area (TPSA) is 67.9 Å².